The van der Waals surface area contributed by atoms with Crippen molar-refractivity contribution in [3.63, 3.8) is 0 Å². The summed E-state index contributed by atoms with van der Waals surface area (Å²) < 4.78 is 0. The number of aliphatic hydroxyl groups is 1. The summed E-state index contributed by atoms with van der Waals surface area (Å²) in [6.45, 7) is 1.89. The maximum atomic E-state index is 12.2. The molecule has 1 heterocycles. The van der Waals surface area contributed by atoms with Crippen molar-refractivity contribution >= 4 is 5.91 Å². The van der Waals surface area contributed by atoms with Crippen LogP contribution in [0.2, 0.25) is 0 Å². The van der Waals surface area contributed by atoms with E-state index in [0.717, 1.165) is 31.2 Å². The van der Waals surface area contributed by atoms with Crippen LogP contribution < -0.4 is 5.32 Å². The van der Waals surface area contributed by atoms with Gasteiger partial charge in [-0.25, -0.2) is 0 Å². The van der Waals surface area contributed by atoms with Gasteiger partial charge in [-0.2, -0.15) is 0 Å². The van der Waals surface area contributed by atoms with Crippen LogP contribution in [-0.4, -0.2) is 28.1 Å². The summed E-state index contributed by atoms with van der Waals surface area (Å²) in [5, 5.41) is 13.1. The van der Waals surface area contributed by atoms with Gasteiger partial charge in [0.2, 0.25) is 0 Å². The molecule has 1 amide bonds. The molecule has 19 heavy (non-hydrogen) atoms. The quantitative estimate of drug-likeness (QED) is 0.859. The molecule has 0 bridgehead atoms. The number of hydrogen-bond donors (Lipinski definition) is 2. The van der Waals surface area contributed by atoms with E-state index < -0.39 is 6.10 Å². The molecule has 1 fully saturated rings. The fourth-order valence-corrected chi connectivity index (χ4v) is 2.58. The Morgan fingerprint density at radius 1 is 1.32 bits per heavy atom. The van der Waals surface area contributed by atoms with Crippen LogP contribution in [0.1, 0.15) is 54.4 Å². The highest BCUT2D eigenvalue weighted by Gasteiger charge is 2.23. The Balaban J connectivity index is 2.02. The third-order valence-corrected chi connectivity index (χ3v) is 3.83. The average Bonchev–Trinajstić information content (AvgIpc) is 2.39. The highest BCUT2D eigenvalue weighted by Crippen LogP contribution is 2.18. The normalized spacial score (nSPS) is 24.3. The minimum atomic E-state index is -0.429. The number of aryl methyl sites for hydroxylation is 1. The van der Waals surface area contributed by atoms with E-state index in [1.807, 2.05) is 13.0 Å². The summed E-state index contributed by atoms with van der Waals surface area (Å²) >= 11 is 0. The van der Waals surface area contributed by atoms with E-state index in [1.165, 1.54) is 12.8 Å². The Bertz CT molecular complexity index is 434. The van der Waals surface area contributed by atoms with Gasteiger partial charge in [-0.15, -0.1) is 0 Å². The first-order valence-corrected chi connectivity index (χ1v) is 7.08. The highest BCUT2D eigenvalue weighted by molar-refractivity contribution is 5.95. The molecule has 2 rings (SSSR count). The van der Waals surface area contributed by atoms with E-state index in [1.54, 1.807) is 12.4 Å². The second kappa shape index (κ2) is 6.66. The summed E-state index contributed by atoms with van der Waals surface area (Å²) in [4.78, 5) is 16.2. The van der Waals surface area contributed by atoms with Crippen LogP contribution >= 0.6 is 0 Å². The second-order valence-corrected chi connectivity index (χ2v) is 5.33. The van der Waals surface area contributed by atoms with E-state index in [4.69, 9.17) is 0 Å². The third-order valence-electron chi connectivity index (χ3n) is 3.83. The highest BCUT2D eigenvalue weighted by atomic mass is 16.3. The van der Waals surface area contributed by atoms with Gasteiger partial charge in [0.25, 0.3) is 5.91 Å². The molecule has 0 unspecified atom stereocenters. The Morgan fingerprint density at radius 2 is 2.05 bits per heavy atom. The molecule has 0 aromatic carbocycles. The molecule has 0 radical (unpaired) electrons. The Hall–Kier alpha value is -1.42. The number of pyridine rings is 1. The van der Waals surface area contributed by atoms with Crippen molar-refractivity contribution in [3.8, 4) is 0 Å². The van der Waals surface area contributed by atoms with E-state index in [2.05, 4.69) is 10.3 Å². The molecule has 2 atom stereocenters. The van der Waals surface area contributed by atoms with Gasteiger partial charge in [0.1, 0.15) is 0 Å². The zero-order valence-corrected chi connectivity index (χ0v) is 11.4. The van der Waals surface area contributed by atoms with E-state index in [0.29, 0.717) is 5.56 Å². The number of aliphatic hydroxyl groups excluding tert-OH is 1. The van der Waals surface area contributed by atoms with Crippen LogP contribution in [0, 0.1) is 6.92 Å². The number of hydrogen-bond acceptors (Lipinski definition) is 3. The topological polar surface area (TPSA) is 62.2 Å². The summed E-state index contributed by atoms with van der Waals surface area (Å²) in [6.07, 6.45) is 8.93. The minimum absolute atomic E-state index is 0.129. The van der Waals surface area contributed by atoms with Crippen molar-refractivity contribution in [1.29, 1.82) is 0 Å². The molecule has 0 saturated heterocycles. The minimum Gasteiger partial charge on any atom is -0.391 e. The lowest BCUT2D eigenvalue weighted by molar-refractivity contribution is 0.0770. The van der Waals surface area contributed by atoms with Crippen molar-refractivity contribution in [2.75, 3.05) is 0 Å². The van der Waals surface area contributed by atoms with Crippen molar-refractivity contribution in [1.82, 2.24) is 10.3 Å². The fraction of sp³-hybridized carbons (Fsp3) is 0.600. The number of amides is 1. The third kappa shape index (κ3) is 3.77. The molecule has 1 saturated carbocycles. The van der Waals surface area contributed by atoms with Gasteiger partial charge in [-0.1, -0.05) is 25.7 Å². The van der Waals surface area contributed by atoms with Gasteiger partial charge in [0.05, 0.1) is 17.7 Å². The van der Waals surface area contributed by atoms with Gasteiger partial charge in [0.15, 0.2) is 0 Å². The van der Waals surface area contributed by atoms with Gasteiger partial charge < -0.3 is 10.4 Å². The molecule has 1 aliphatic rings. The van der Waals surface area contributed by atoms with Crippen LogP contribution in [0.25, 0.3) is 0 Å². The van der Waals surface area contributed by atoms with Crippen LogP contribution in [-0.2, 0) is 0 Å². The van der Waals surface area contributed by atoms with Crippen molar-refractivity contribution in [2.45, 2.75) is 57.6 Å². The van der Waals surface area contributed by atoms with E-state index in [9.17, 15) is 9.90 Å². The Kier molecular flexibility index (Phi) is 4.91. The molecule has 1 aromatic rings. The van der Waals surface area contributed by atoms with Crippen LogP contribution in [0.4, 0.5) is 0 Å². The molecule has 104 valence electrons. The first-order valence-electron chi connectivity index (χ1n) is 7.08. The largest absolute Gasteiger partial charge is 0.391 e. The van der Waals surface area contributed by atoms with Gasteiger partial charge in [0, 0.05) is 12.4 Å². The standard InChI is InChI=1S/C15H22N2O2/c1-11-8-9-16-10-12(11)15(19)17-13-6-4-2-3-5-7-14(13)18/h8-10,13-14,18H,2-7H2,1H3,(H,17,19)/t13-,14-/m0/s1. The fourth-order valence-electron chi connectivity index (χ4n) is 2.58. The lowest BCUT2D eigenvalue weighted by Crippen LogP contribution is -2.44. The molecule has 0 spiro atoms. The molecular weight excluding hydrogens is 240 g/mol. The first kappa shape index (κ1) is 14.0. The second-order valence-electron chi connectivity index (χ2n) is 5.33. The van der Waals surface area contributed by atoms with Crippen LogP contribution in [0.3, 0.4) is 0 Å². The average molecular weight is 262 g/mol. The number of rotatable bonds is 2. The molecule has 1 aliphatic carbocycles. The molecule has 4 heteroatoms. The summed E-state index contributed by atoms with van der Waals surface area (Å²) in [5.41, 5.74) is 1.50. The maximum Gasteiger partial charge on any atom is 0.253 e. The predicted octanol–water partition coefficient (Wildman–Crippen LogP) is 2.20. The monoisotopic (exact) mass is 262 g/mol. The molecule has 0 aliphatic heterocycles. The maximum absolute atomic E-state index is 12.2. The summed E-state index contributed by atoms with van der Waals surface area (Å²) in [7, 11) is 0. The number of nitrogens with zero attached hydrogens (tertiary/aromatic N) is 1. The van der Waals surface area contributed by atoms with Gasteiger partial charge >= 0.3 is 0 Å². The Labute approximate surface area is 114 Å². The SMILES string of the molecule is Cc1ccncc1C(=O)N[C@H]1CCCCCC[C@@H]1O. The van der Waals surface area contributed by atoms with Crippen molar-refractivity contribution < 1.29 is 9.90 Å². The summed E-state index contributed by atoms with van der Waals surface area (Å²) in [6, 6.07) is 1.69. The zero-order chi connectivity index (χ0) is 13.7. The first-order chi connectivity index (χ1) is 9.18. The molecule has 4 nitrogen and oxygen atoms in total. The van der Waals surface area contributed by atoms with Crippen LogP contribution in [0.15, 0.2) is 18.5 Å². The smallest absolute Gasteiger partial charge is 0.253 e. The van der Waals surface area contributed by atoms with E-state index in [-0.39, 0.29) is 11.9 Å². The lowest BCUT2D eigenvalue weighted by Gasteiger charge is -2.26. The van der Waals surface area contributed by atoms with E-state index >= 15 is 0 Å². The molecule has 1 aromatic heterocycles. The summed E-state index contributed by atoms with van der Waals surface area (Å²) in [5.74, 6) is -0.129. The van der Waals surface area contributed by atoms with Gasteiger partial charge in [-0.3, -0.25) is 9.78 Å². The van der Waals surface area contributed by atoms with Crippen molar-refractivity contribution in [2.24, 2.45) is 0 Å². The molecule has 2 N–H and O–H groups in total. The predicted molar refractivity (Wildman–Crippen MR) is 73.9 cm³/mol. The Morgan fingerprint density at radius 3 is 2.79 bits per heavy atom. The number of aromatic nitrogens is 1. The van der Waals surface area contributed by atoms with Crippen LogP contribution in [0.5, 0.6) is 0 Å². The lowest BCUT2D eigenvalue weighted by atomic mass is 9.94. The van der Waals surface area contributed by atoms with Gasteiger partial charge in [-0.05, 0) is 31.4 Å². The van der Waals surface area contributed by atoms with Crippen molar-refractivity contribution in [3.05, 3.63) is 29.6 Å². The number of carbonyl (C=O) groups is 1. The number of nitrogens with one attached hydrogen (secondary N) is 1. The molecular formula is C15H22N2O2. The zero-order valence-electron chi connectivity index (χ0n) is 11.4. The number of carbonyl (C=O) groups excluding carboxylic acids is 1.